The van der Waals surface area contributed by atoms with E-state index in [9.17, 15) is 24.3 Å². The van der Waals surface area contributed by atoms with Crippen LogP contribution >= 0.6 is 12.6 Å². The molecule has 0 fully saturated rings. The Morgan fingerprint density at radius 3 is 1.97 bits per heavy atom. The number of rotatable bonds is 15. The number of hydrogen-bond donors (Lipinski definition) is 7. The van der Waals surface area contributed by atoms with Crippen LogP contribution in [0.4, 0.5) is 0 Å². The van der Waals surface area contributed by atoms with Crippen molar-refractivity contribution in [2.75, 3.05) is 12.3 Å². The molecule has 180 valence electrons. The third-order valence-corrected chi connectivity index (χ3v) is 5.51. The fourth-order valence-electron chi connectivity index (χ4n) is 2.83. The van der Waals surface area contributed by atoms with Crippen molar-refractivity contribution < 1.29 is 24.3 Å². The van der Waals surface area contributed by atoms with Gasteiger partial charge in [0, 0.05) is 5.75 Å². The van der Waals surface area contributed by atoms with E-state index in [0.29, 0.717) is 25.8 Å². The zero-order chi connectivity index (χ0) is 24.1. The summed E-state index contributed by atoms with van der Waals surface area (Å²) in [6.07, 6.45) is 2.46. The Bertz CT molecular complexity index is 605. The second-order valence-corrected chi connectivity index (χ2v) is 8.44. The van der Waals surface area contributed by atoms with Crippen LogP contribution in [0.2, 0.25) is 0 Å². The molecule has 0 bridgehead atoms. The lowest BCUT2D eigenvalue weighted by atomic mass is 9.99. The fraction of sp³-hybridized carbons (Fsp3) is 0.800. The van der Waals surface area contributed by atoms with Crippen LogP contribution < -0.4 is 27.4 Å². The highest BCUT2D eigenvalue weighted by Gasteiger charge is 2.32. The smallest absolute Gasteiger partial charge is 0.326 e. The highest BCUT2D eigenvalue weighted by atomic mass is 32.1. The maximum absolute atomic E-state index is 12.8. The average molecular weight is 462 g/mol. The van der Waals surface area contributed by atoms with E-state index in [2.05, 4.69) is 28.6 Å². The predicted molar refractivity (Wildman–Crippen MR) is 122 cm³/mol. The standard InChI is InChI=1S/C20H39N5O5S/c1-5-12(4)16(20(29)30)25-18(27)14(10-31)23-19(28)15(11(2)3)24-17(26)13(22)8-6-7-9-21/h11-16,31H,5-10,21-22H2,1-4H3,(H,23,28)(H,24,26)(H,25,27)(H,29,30). The topological polar surface area (TPSA) is 177 Å². The molecule has 0 spiro atoms. The number of nitrogens with one attached hydrogen (secondary N) is 3. The van der Waals surface area contributed by atoms with Gasteiger partial charge in [-0.1, -0.05) is 40.5 Å². The van der Waals surface area contributed by atoms with Crippen LogP contribution in [-0.2, 0) is 19.2 Å². The van der Waals surface area contributed by atoms with E-state index in [1.165, 1.54) is 0 Å². The molecular weight excluding hydrogens is 422 g/mol. The minimum absolute atomic E-state index is 0.0399. The Labute approximate surface area is 190 Å². The first-order valence-electron chi connectivity index (χ1n) is 10.7. The highest BCUT2D eigenvalue weighted by Crippen LogP contribution is 2.09. The minimum Gasteiger partial charge on any atom is -0.480 e. The van der Waals surface area contributed by atoms with Crippen molar-refractivity contribution in [3.8, 4) is 0 Å². The van der Waals surface area contributed by atoms with Crippen LogP contribution in [-0.4, -0.2) is 65.3 Å². The van der Waals surface area contributed by atoms with Gasteiger partial charge in [0.2, 0.25) is 17.7 Å². The molecule has 31 heavy (non-hydrogen) atoms. The van der Waals surface area contributed by atoms with Gasteiger partial charge in [-0.3, -0.25) is 14.4 Å². The molecule has 0 heterocycles. The lowest BCUT2D eigenvalue weighted by molar-refractivity contribution is -0.143. The first-order valence-corrected chi connectivity index (χ1v) is 11.3. The van der Waals surface area contributed by atoms with Crippen molar-refractivity contribution in [3.05, 3.63) is 0 Å². The molecule has 0 aromatic heterocycles. The number of hydrogen-bond acceptors (Lipinski definition) is 7. The van der Waals surface area contributed by atoms with Crippen molar-refractivity contribution in [2.24, 2.45) is 23.3 Å². The summed E-state index contributed by atoms with van der Waals surface area (Å²) in [4.78, 5) is 49.2. The number of carbonyl (C=O) groups excluding carboxylic acids is 3. The third kappa shape index (κ3) is 10.3. The molecule has 0 aliphatic heterocycles. The van der Waals surface area contributed by atoms with Gasteiger partial charge in [0.05, 0.1) is 6.04 Å². The number of carboxylic acids is 1. The van der Waals surface area contributed by atoms with Gasteiger partial charge < -0.3 is 32.5 Å². The summed E-state index contributed by atoms with van der Waals surface area (Å²) < 4.78 is 0. The quantitative estimate of drug-likeness (QED) is 0.128. The zero-order valence-corrected chi connectivity index (χ0v) is 19.8. The summed E-state index contributed by atoms with van der Waals surface area (Å²) in [7, 11) is 0. The second-order valence-electron chi connectivity index (χ2n) is 8.08. The van der Waals surface area contributed by atoms with E-state index < -0.39 is 47.9 Å². The molecule has 10 nitrogen and oxygen atoms in total. The summed E-state index contributed by atoms with van der Waals surface area (Å²) in [6.45, 7) is 7.56. The molecule has 0 rings (SSSR count). The van der Waals surface area contributed by atoms with Gasteiger partial charge in [-0.2, -0.15) is 12.6 Å². The Morgan fingerprint density at radius 1 is 0.935 bits per heavy atom. The normalized spacial score (nSPS) is 16.0. The van der Waals surface area contributed by atoms with Gasteiger partial charge in [0.15, 0.2) is 0 Å². The first kappa shape index (κ1) is 29.1. The molecule has 11 heteroatoms. The number of aliphatic carboxylic acids is 1. The van der Waals surface area contributed by atoms with E-state index >= 15 is 0 Å². The van der Waals surface area contributed by atoms with Crippen LogP contribution in [0.25, 0.3) is 0 Å². The first-order chi connectivity index (χ1) is 14.5. The summed E-state index contributed by atoms with van der Waals surface area (Å²) in [5.74, 6) is -3.42. The Morgan fingerprint density at radius 2 is 1.52 bits per heavy atom. The summed E-state index contributed by atoms with van der Waals surface area (Å²) >= 11 is 4.11. The highest BCUT2D eigenvalue weighted by molar-refractivity contribution is 7.80. The lowest BCUT2D eigenvalue weighted by Crippen LogP contribution is -2.59. The van der Waals surface area contributed by atoms with Crippen molar-refractivity contribution in [1.82, 2.24) is 16.0 Å². The molecule has 0 saturated carbocycles. The van der Waals surface area contributed by atoms with Crippen molar-refractivity contribution >= 4 is 36.3 Å². The van der Waals surface area contributed by atoms with Gasteiger partial charge >= 0.3 is 5.97 Å². The van der Waals surface area contributed by atoms with E-state index in [1.54, 1.807) is 20.8 Å². The predicted octanol–water partition coefficient (Wildman–Crippen LogP) is -0.386. The molecule has 5 unspecified atom stereocenters. The zero-order valence-electron chi connectivity index (χ0n) is 18.9. The van der Waals surface area contributed by atoms with Crippen LogP contribution in [0.3, 0.4) is 0 Å². The lowest BCUT2D eigenvalue weighted by Gasteiger charge is -2.27. The van der Waals surface area contributed by atoms with Crippen molar-refractivity contribution in [2.45, 2.75) is 77.5 Å². The molecule has 0 saturated heterocycles. The SMILES string of the molecule is CCC(C)C(NC(=O)C(CS)NC(=O)C(NC(=O)C(N)CCCCN)C(C)C)C(=O)O. The maximum atomic E-state index is 12.8. The Hall–Kier alpha value is -1.85. The van der Waals surface area contributed by atoms with Crippen LogP contribution in [0.1, 0.15) is 53.4 Å². The Kier molecular flexibility index (Phi) is 14.1. The number of carboxylic acid groups (broad SMARTS) is 1. The molecule has 3 amide bonds. The van der Waals surface area contributed by atoms with Gasteiger partial charge in [-0.25, -0.2) is 4.79 Å². The Balaban J connectivity index is 5.12. The molecule has 0 radical (unpaired) electrons. The van der Waals surface area contributed by atoms with E-state index in [0.717, 1.165) is 6.42 Å². The molecule has 0 aromatic rings. The molecule has 0 aliphatic rings. The molecule has 8 N–H and O–H groups in total. The van der Waals surface area contributed by atoms with Gasteiger partial charge in [-0.05, 0) is 31.2 Å². The van der Waals surface area contributed by atoms with Crippen molar-refractivity contribution in [1.29, 1.82) is 0 Å². The largest absolute Gasteiger partial charge is 0.480 e. The van der Waals surface area contributed by atoms with E-state index in [1.807, 2.05) is 6.92 Å². The minimum atomic E-state index is -1.15. The number of unbranched alkanes of at least 4 members (excludes halogenated alkanes) is 1. The summed E-state index contributed by atoms with van der Waals surface area (Å²) in [6, 6.07) is -3.81. The third-order valence-electron chi connectivity index (χ3n) is 5.15. The molecular formula is C20H39N5O5S. The fourth-order valence-corrected chi connectivity index (χ4v) is 3.08. The summed E-state index contributed by atoms with van der Waals surface area (Å²) in [5, 5.41) is 17.0. The number of amides is 3. The number of carbonyl (C=O) groups is 4. The van der Waals surface area contributed by atoms with Crippen LogP contribution in [0.5, 0.6) is 0 Å². The number of nitrogens with two attached hydrogens (primary N) is 2. The van der Waals surface area contributed by atoms with Crippen molar-refractivity contribution in [3.63, 3.8) is 0 Å². The number of thiol groups is 1. The van der Waals surface area contributed by atoms with E-state index in [-0.39, 0.29) is 17.6 Å². The van der Waals surface area contributed by atoms with E-state index in [4.69, 9.17) is 11.5 Å². The second kappa shape index (κ2) is 15.0. The molecule has 0 aliphatic carbocycles. The molecule has 0 aromatic carbocycles. The van der Waals surface area contributed by atoms with Crippen LogP contribution in [0, 0.1) is 11.8 Å². The van der Waals surface area contributed by atoms with Crippen LogP contribution in [0.15, 0.2) is 0 Å². The molecule has 5 atom stereocenters. The maximum Gasteiger partial charge on any atom is 0.326 e. The average Bonchev–Trinajstić information content (AvgIpc) is 2.72. The summed E-state index contributed by atoms with van der Waals surface area (Å²) in [5.41, 5.74) is 11.3. The van der Waals surface area contributed by atoms with Gasteiger partial charge in [0.25, 0.3) is 0 Å². The van der Waals surface area contributed by atoms with Gasteiger partial charge in [0.1, 0.15) is 18.1 Å². The van der Waals surface area contributed by atoms with Gasteiger partial charge in [-0.15, -0.1) is 0 Å². The monoisotopic (exact) mass is 461 g/mol.